The standard InChI is InChI=1S/C20H24N2OS/c1-2-4-14(5-3-1)6-7-24-19-22-21-18(23-19)20-11-15-8-16(12-20)10-17(9-15)13-20/h1-5,15-17H,6-13H2. The zero-order valence-corrected chi connectivity index (χ0v) is 14.8. The Balaban J connectivity index is 1.26. The van der Waals surface area contributed by atoms with Gasteiger partial charge in [0, 0.05) is 11.2 Å². The van der Waals surface area contributed by atoms with Crippen LogP contribution in [0.15, 0.2) is 40.0 Å². The highest BCUT2D eigenvalue weighted by atomic mass is 32.2. The van der Waals surface area contributed by atoms with Crippen LogP contribution in [0.2, 0.25) is 0 Å². The maximum Gasteiger partial charge on any atom is 0.276 e. The van der Waals surface area contributed by atoms with Gasteiger partial charge in [-0.1, -0.05) is 42.1 Å². The van der Waals surface area contributed by atoms with Crippen LogP contribution in [0.4, 0.5) is 0 Å². The van der Waals surface area contributed by atoms with Gasteiger partial charge in [0.15, 0.2) is 0 Å². The van der Waals surface area contributed by atoms with Gasteiger partial charge in [-0.15, -0.1) is 10.2 Å². The SMILES string of the molecule is c1ccc(CCSc2nnc(C34CC5CC(CC(C5)C3)C4)o2)cc1. The summed E-state index contributed by atoms with van der Waals surface area (Å²) in [6, 6.07) is 10.6. The Morgan fingerprint density at radius 1 is 0.958 bits per heavy atom. The monoisotopic (exact) mass is 340 g/mol. The summed E-state index contributed by atoms with van der Waals surface area (Å²) in [5.74, 6) is 4.68. The number of rotatable bonds is 5. The molecule has 4 saturated carbocycles. The summed E-state index contributed by atoms with van der Waals surface area (Å²) in [6.07, 6.45) is 9.25. The van der Waals surface area contributed by atoms with Crippen molar-refractivity contribution in [3.63, 3.8) is 0 Å². The molecule has 0 spiro atoms. The van der Waals surface area contributed by atoms with Crippen molar-refractivity contribution in [1.82, 2.24) is 10.2 Å². The molecule has 4 bridgehead atoms. The smallest absolute Gasteiger partial charge is 0.276 e. The Bertz CT molecular complexity index is 676. The first kappa shape index (κ1) is 15.0. The van der Waals surface area contributed by atoms with Crippen LogP contribution in [0.5, 0.6) is 0 Å². The highest BCUT2D eigenvalue weighted by Crippen LogP contribution is 2.60. The molecule has 0 atom stereocenters. The average Bonchev–Trinajstić information content (AvgIpc) is 3.04. The van der Waals surface area contributed by atoms with E-state index in [4.69, 9.17) is 4.42 Å². The highest BCUT2D eigenvalue weighted by molar-refractivity contribution is 7.99. The molecular weight excluding hydrogens is 316 g/mol. The second kappa shape index (κ2) is 5.91. The minimum absolute atomic E-state index is 0.222. The third-order valence-electron chi connectivity index (χ3n) is 6.36. The minimum atomic E-state index is 0.222. The summed E-state index contributed by atoms with van der Waals surface area (Å²) in [6.45, 7) is 0. The maximum absolute atomic E-state index is 6.15. The number of nitrogens with zero attached hydrogens (tertiary/aromatic N) is 2. The summed E-state index contributed by atoms with van der Waals surface area (Å²) in [4.78, 5) is 0. The van der Waals surface area contributed by atoms with Crippen LogP contribution in [0.25, 0.3) is 0 Å². The average molecular weight is 340 g/mol. The first-order valence-electron chi connectivity index (χ1n) is 9.30. The quantitative estimate of drug-likeness (QED) is 0.728. The van der Waals surface area contributed by atoms with Gasteiger partial charge in [-0.2, -0.15) is 0 Å². The Labute approximate surface area is 147 Å². The lowest BCUT2D eigenvalue weighted by molar-refractivity contribution is -0.0191. The van der Waals surface area contributed by atoms with Crippen LogP contribution in [0.3, 0.4) is 0 Å². The second-order valence-electron chi connectivity index (χ2n) is 8.16. The third-order valence-corrected chi connectivity index (χ3v) is 7.18. The Morgan fingerprint density at radius 3 is 2.29 bits per heavy atom. The van der Waals surface area contributed by atoms with Crippen LogP contribution in [0, 0.1) is 17.8 Å². The second-order valence-corrected chi connectivity index (χ2v) is 9.20. The van der Waals surface area contributed by atoms with Crippen molar-refractivity contribution in [2.45, 2.75) is 55.6 Å². The molecule has 0 unspecified atom stereocenters. The van der Waals surface area contributed by atoms with E-state index >= 15 is 0 Å². The third kappa shape index (κ3) is 2.69. The highest BCUT2D eigenvalue weighted by Gasteiger charge is 2.54. The molecule has 0 aliphatic heterocycles. The number of benzene rings is 1. The normalized spacial score (nSPS) is 33.9. The Kier molecular flexibility index (Phi) is 3.69. The van der Waals surface area contributed by atoms with Crippen LogP contribution in [-0.4, -0.2) is 16.0 Å². The van der Waals surface area contributed by atoms with E-state index in [-0.39, 0.29) is 5.41 Å². The molecular formula is C20H24N2OS. The van der Waals surface area contributed by atoms with Gasteiger partial charge in [-0.05, 0) is 68.3 Å². The maximum atomic E-state index is 6.15. The van der Waals surface area contributed by atoms with E-state index in [0.717, 1.165) is 41.0 Å². The first-order chi connectivity index (χ1) is 11.8. The van der Waals surface area contributed by atoms with Crippen molar-refractivity contribution in [2.75, 3.05) is 5.75 Å². The van der Waals surface area contributed by atoms with Crippen molar-refractivity contribution < 1.29 is 4.42 Å². The van der Waals surface area contributed by atoms with Gasteiger partial charge in [-0.3, -0.25) is 0 Å². The zero-order valence-electron chi connectivity index (χ0n) is 14.0. The van der Waals surface area contributed by atoms with Crippen molar-refractivity contribution in [1.29, 1.82) is 0 Å². The van der Waals surface area contributed by atoms with Crippen LogP contribution < -0.4 is 0 Å². The van der Waals surface area contributed by atoms with E-state index in [1.807, 2.05) is 0 Å². The van der Waals surface area contributed by atoms with E-state index < -0.39 is 0 Å². The van der Waals surface area contributed by atoms with E-state index in [2.05, 4.69) is 40.5 Å². The number of thioether (sulfide) groups is 1. The van der Waals surface area contributed by atoms with Crippen molar-refractivity contribution in [2.24, 2.45) is 17.8 Å². The van der Waals surface area contributed by atoms with Gasteiger partial charge in [-0.25, -0.2) is 0 Å². The number of aromatic nitrogens is 2. The van der Waals surface area contributed by atoms with Gasteiger partial charge in [0.25, 0.3) is 5.22 Å². The first-order valence-corrected chi connectivity index (χ1v) is 10.3. The van der Waals surface area contributed by atoms with Crippen LogP contribution >= 0.6 is 11.8 Å². The molecule has 6 rings (SSSR count). The fraction of sp³-hybridized carbons (Fsp3) is 0.600. The summed E-state index contributed by atoms with van der Waals surface area (Å²) < 4.78 is 6.15. The molecule has 0 N–H and O–H groups in total. The summed E-state index contributed by atoms with van der Waals surface area (Å²) in [5.41, 5.74) is 1.59. The minimum Gasteiger partial charge on any atom is -0.415 e. The fourth-order valence-corrected chi connectivity index (χ4v) is 6.50. The molecule has 4 aliphatic carbocycles. The lowest BCUT2D eigenvalue weighted by atomic mass is 9.49. The predicted molar refractivity (Wildman–Crippen MR) is 95.0 cm³/mol. The summed E-state index contributed by atoms with van der Waals surface area (Å²) in [7, 11) is 0. The van der Waals surface area contributed by atoms with E-state index in [9.17, 15) is 0 Å². The van der Waals surface area contributed by atoms with Gasteiger partial charge in [0.1, 0.15) is 0 Å². The van der Waals surface area contributed by atoms with Crippen LogP contribution in [-0.2, 0) is 11.8 Å². The summed E-state index contributed by atoms with van der Waals surface area (Å²) in [5, 5.41) is 9.61. The molecule has 1 heterocycles. The molecule has 2 aromatic rings. The molecule has 0 saturated heterocycles. The van der Waals surface area contributed by atoms with Gasteiger partial charge in [0.05, 0.1) is 0 Å². The topological polar surface area (TPSA) is 38.9 Å². The molecule has 0 amide bonds. The molecule has 4 heteroatoms. The van der Waals surface area contributed by atoms with Gasteiger partial charge < -0.3 is 4.42 Å². The number of aryl methyl sites for hydroxylation is 1. The van der Waals surface area contributed by atoms with Crippen LogP contribution in [0.1, 0.15) is 50.0 Å². The number of hydrogen-bond donors (Lipinski definition) is 0. The Hall–Kier alpha value is -1.29. The molecule has 3 nitrogen and oxygen atoms in total. The lowest BCUT2D eigenvalue weighted by Crippen LogP contribution is -2.48. The predicted octanol–water partition coefficient (Wildman–Crippen LogP) is 4.87. The van der Waals surface area contributed by atoms with Gasteiger partial charge in [0.2, 0.25) is 5.89 Å². The van der Waals surface area contributed by atoms with E-state index in [1.54, 1.807) is 11.8 Å². The molecule has 4 aliphatic rings. The van der Waals surface area contributed by atoms with Crippen molar-refractivity contribution in [3.05, 3.63) is 41.8 Å². The van der Waals surface area contributed by atoms with E-state index in [0.29, 0.717) is 0 Å². The largest absolute Gasteiger partial charge is 0.415 e. The molecule has 24 heavy (non-hydrogen) atoms. The molecule has 0 radical (unpaired) electrons. The van der Waals surface area contributed by atoms with E-state index in [1.165, 1.54) is 44.1 Å². The number of hydrogen-bond acceptors (Lipinski definition) is 4. The van der Waals surface area contributed by atoms with Gasteiger partial charge >= 0.3 is 0 Å². The molecule has 1 aromatic carbocycles. The Morgan fingerprint density at radius 2 is 1.62 bits per heavy atom. The molecule has 126 valence electrons. The van der Waals surface area contributed by atoms with Crippen molar-refractivity contribution in [3.8, 4) is 0 Å². The lowest BCUT2D eigenvalue weighted by Gasteiger charge is -2.55. The fourth-order valence-electron chi connectivity index (χ4n) is 5.76. The van der Waals surface area contributed by atoms with Crippen molar-refractivity contribution >= 4 is 11.8 Å². The zero-order chi connectivity index (χ0) is 16.0. The molecule has 1 aromatic heterocycles. The summed E-state index contributed by atoms with van der Waals surface area (Å²) >= 11 is 1.70. The molecule has 4 fully saturated rings.